The largest absolute Gasteiger partial charge is 0.487 e. The molecule has 1 N–H and O–H groups in total. The highest BCUT2D eigenvalue weighted by Crippen LogP contribution is 2.21. The number of aromatic nitrogens is 3. The second-order valence-corrected chi connectivity index (χ2v) is 8.37. The Labute approximate surface area is 189 Å². The van der Waals surface area contributed by atoms with Crippen LogP contribution >= 0.6 is 0 Å². The molecule has 0 aliphatic rings. The highest BCUT2D eigenvalue weighted by atomic mass is 16.6. The van der Waals surface area contributed by atoms with Gasteiger partial charge in [0.15, 0.2) is 5.43 Å². The van der Waals surface area contributed by atoms with Crippen LogP contribution in [0, 0.1) is 0 Å². The number of hydrogen-bond acceptors (Lipinski definition) is 7. The number of fused-ring (bicyclic) bond motifs is 1. The maximum atomic E-state index is 12.4. The summed E-state index contributed by atoms with van der Waals surface area (Å²) in [5, 5.41) is 11.2. The van der Waals surface area contributed by atoms with Crippen LogP contribution in [0.3, 0.4) is 0 Å². The van der Waals surface area contributed by atoms with E-state index in [0.717, 1.165) is 5.69 Å². The minimum Gasteiger partial charge on any atom is -0.487 e. The Morgan fingerprint density at radius 3 is 2.67 bits per heavy atom. The first-order valence-corrected chi connectivity index (χ1v) is 10.4. The lowest BCUT2D eigenvalue weighted by atomic mass is 10.2. The van der Waals surface area contributed by atoms with Crippen molar-refractivity contribution in [3.63, 3.8) is 0 Å². The third-order valence-corrected chi connectivity index (χ3v) is 4.51. The summed E-state index contributed by atoms with van der Waals surface area (Å²) in [6.07, 6.45) is 1.20. The predicted molar refractivity (Wildman–Crippen MR) is 121 cm³/mol. The van der Waals surface area contributed by atoms with E-state index in [-0.39, 0.29) is 18.6 Å². The molecule has 9 heteroatoms. The van der Waals surface area contributed by atoms with Crippen molar-refractivity contribution >= 4 is 17.1 Å². The molecule has 0 atom stereocenters. The lowest BCUT2D eigenvalue weighted by Gasteiger charge is -2.19. The highest BCUT2D eigenvalue weighted by Gasteiger charge is 2.16. The Hall–Kier alpha value is -4.14. The predicted octanol–water partition coefficient (Wildman–Crippen LogP) is 3.98. The van der Waals surface area contributed by atoms with Gasteiger partial charge in [0.1, 0.15) is 35.0 Å². The Morgan fingerprint density at radius 1 is 1.12 bits per heavy atom. The summed E-state index contributed by atoms with van der Waals surface area (Å²) >= 11 is 0. The number of amides is 1. The van der Waals surface area contributed by atoms with Crippen molar-refractivity contribution in [2.75, 3.05) is 0 Å². The first kappa shape index (κ1) is 22.1. The summed E-state index contributed by atoms with van der Waals surface area (Å²) < 4.78 is 18.5. The van der Waals surface area contributed by atoms with Crippen LogP contribution in [0.5, 0.6) is 5.75 Å². The average Bonchev–Trinajstić information content (AvgIpc) is 3.25. The summed E-state index contributed by atoms with van der Waals surface area (Å²) in [6.45, 7) is 5.53. The van der Waals surface area contributed by atoms with E-state index in [1.807, 2.05) is 30.3 Å². The second kappa shape index (κ2) is 9.15. The molecule has 0 radical (unpaired) electrons. The third-order valence-electron chi connectivity index (χ3n) is 4.51. The van der Waals surface area contributed by atoms with E-state index in [1.165, 1.54) is 6.07 Å². The average molecular weight is 448 g/mol. The molecular weight excluding hydrogens is 424 g/mol. The molecule has 0 saturated carbocycles. The molecule has 2 aromatic heterocycles. The fraction of sp³-hybridized carbons (Fsp3) is 0.250. The molecule has 0 fully saturated rings. The van der Waals surface area contributed by atoms with Gasteiger partial charge >= 0.3 is 6.09 Å². The molecule has 0 spiro atoms. The smallest absolute Gasteiger partial charge is 0.408 e. The Bertz CT molecular complexity index is 1320. The number of carbonyl (C=O) groups is 1. The molecule has 33 heavy (non-hydrogen) atoms. The van der Waals surface area contributed by atoms with Crippen LogP contribution in [-0.4, -0.2) is 26.7 Å². The summed E-state index contributed by atoms with van der Waals surface area (Å²) in [7, 11) is 0. The molecule has 170 valence electrons. The summed E-state index contributed by atoms with van der Waals surface area (Å²) in [5.41, 5.74) is 1.07. The number of alkyl carbamates (subject to hydrolysis) is 1. The van der Waals surface area contributed by atoms with E-state index < -0.39 is 11.7 Å². The molecule has 0 aliphatic carbocycles. The van der Waals surface area contributed by atoms with Gasteiger partial charge in [-0.25, -0.2) is 9.48 Å². The van der Waals surface area contributed by atoms with Gasteiger partial charge in [0.05, 0.1) is 23.8 Å². The fourth-order valence-corrected chi connectivity index (χ4v) is 3.06. The van der Waals surface area contributed by atoms with Crippen molar-refractivity contribution in [1.82, 2.24) is 20.3 Å². The van der Waals surface area contributed by atoms with Crippen LogP contribution in [-0.2, 0) is 17.9 Å². The number of hydrogen-bond donors (Lipinski definition) is 1. The number of ether oxygens (including phenoxy) is 2. The molecule has 0 bridgehead atoms. The van der Waals surface area contributed by atoms with Crippen molar-refractivity contribution in [3.8, 4) is 11.4 Å². The summed E-state index contributed by atoms with van der Waals surface area (Å²) in [5.74, 6) is 0.818. The van der Waals surface area contributed by atoms with Crippen molar-refractivity contribution in [2.45, 2.75) is 39.5 Å². The van der Waals surface area contributed by atoms with Crippen LogP contribution in [0.15, 0.2) is 70.0 Å². The van der Waals surface area contributed by atoms with E-state index in [4.69, 9.17) is 13.9 Å². The first-order valence-electron chi connectivity index (χ1n) is 10.4. The SMILES string of the molecule is CC(C)(C)OC(=O)NCc1cc(=O)c2ccc(OCc3cn(-c4ccccc4)nn3)cc2o1. The maximum Gasteiger partial charge on any atom is 0.408 e. The van der Waals surface area contributed by atoms with E-state index in [1.54, 1.807) is 49.8 Å². The third kappa shape index (κ3) is 5.76. The number of para-hydroxylation sites is 1. The van der Waals surface area contributed by atoms with Gasteiger partial charge in [-0.05, 0) is 45.0 Å². The molecule has 4 aromatic rings. The Balaban J connectivity index is 1.44. The fourth-order valence-electron chi connectivity index (χ4n) is 3.06. The molecule has 0 aliphatic heterocycles. The Kier molecular flexibility index (Phi) is 6.12. The number of nitrogens with zero attached hydrogens (tertiary/aromatic N) is 3. The lowest BCUT2D eigenvalue weighted by molar-refractivity contribution is 0.0520. The topological polar surface area (TPSA) is 108 Å². The van der Waals surface area contributed by atoms with Crippen LogP contribution in [0.2, 0.25) is 0 Å². The van der Waals surface area contributed by atoms with Crippen molar-refractivity contribution < 1.29 is 18.7 Å². The first-order chi connectivity index (χ1) is 15.8. The van der Waals surface area contributed by atoms with Crippen LogP contribution in [0.4, 0.5) is 4.79 Å². The van der Waals surface area contributed by atoms with Gasteiger partial charge < -0.3 is 19.2 Å². The van der Waals surface area contributed by atoms with E-state index >= 15 is 0 Å². The number of benzene rings is 2. The molecule has 2 aromatic carbocycles. The van der Waals surface area contributed by atoms with Gasteiger partial charge in [-0.3, -0.25) is 4.79 Å². The maximum absolute atomic E-state index is 12.4. The quantitative estimate of drug-likeness (QED) is 0.475. The molecular formula is C24H24N4O5. The Morgan fingerprint density at radius 2 is 1.91 bits per heavy atom. The molecule has 0 unspecified atom stereocenters. The van der Waals surface area contributed by atoms with E-state index in [2.05, 4.69) is 15.6 Å². The van der Waals surface area contributed by atoms with Crippen molar-refractivity contribution in [1.29, 1.82) is 0 Å². The van der Waals surface area contributed by atoms with Gasteiger partial charge in [-0.15, -0.1) is 5.10 Å². The lowest BCUT2D eigenvalue weighted by Crippen LogP contribution is -2.32. The molecule has 2 heterocycles. The molecule has 0 saturated heterocycles. The highest BCUT2D eigenvalue weighted by molar-refractivity contribution is 5.78. The van der Waals surface area contributed by atoms with Crippen LogP contribution in [0.1, 0.15) is 32.2 Å². The van der Waals surface area contributed by atoms with Gasteiger partial charge in [-0.2, -0.15) is 0 Å². The van der Waals surface area contributed by atoms with Gasteiger partial charge in [0.2, 0.25) is 0 Å². The monoisotopic (exact) mass is 448 g/mol. The van der Waals surface area contributed by atoms with Gasteiger partial charge in [0, 0.05) is 12.1 Å². The minimum atomic E-state index is -0.618. The summed E-state index contributed by atoms with van der Waals surface area (Å²) in [4.78, 5) is 24.3. The number of nitrogens with one attached hydrogen (secondary N) is 1. The number of carbonyl (C=O) groups excluding carboxylic acids is 1. The minimum absolute atomic E-state index is 0.0216. The molecule has 9 nitrogen and oxygen atoms in total. The number of rotatable bonds is 6. The van der Waals surface area contributed by atoms with Gasteiger partial charge in [0.25, 0.3) is 0 Å². The van der Waals surface area contributed by atoms with Crippen molar-refractivity contribution in [2.24, 2.45) is 0 Å². The van der Waals surface area contributed by atoms with Gasteiger partial charge in [-0.1, -0.05) is 23.4 Å². The normalized spacial score (nSPS) is 11.4. The second-order valence-electron chi connectivity index (χ2n) is 8.37. The zero-order chi connectivity index (χ0) is 23.4. The summed E-state index contributed by atoms with van der Waals surface area (Å²) in [6, 6.07) is 16.0. The van der Waals surface area contributed by atoms with Crippen molar-refractivity contribution in [3.05, 3.63) is 82.5 Å². The molecule has 1 amide bonds. The zero-order valence-electron chi connectivity index (χ0n) is 18.6. The standard InChI is InChI=1S/C24H24N4O5/c1-24(2,3)33-23(30)25-13-19-11-21(29)20-10-9-18(12-22(20)32-19)31-15-16-14-28(27-26-16)17-7-5-4-6-8-17/h4-12,14H,13,15H2,1-3H3,(H,25,30). The van der Waals surface area contributed by atoms with Crippen LogP contribution < -0.4 is 15.5 Å². The van der Waals surface area contributed by atoms with Crippen LogP contribution in [0.25, 0.3) is 16.7 Å². The zero-order valence-corrected chi connectivity index (χ0v) is 18.6. The molecule has 4 rings (SSSR count). The van der Waals surface area contributed by atoms with E-state index in [0.29, 0.717) is 28.2 Å². The van der Waals surface area contributed by atoms with E-state index in [9.17, 15) is 9.59 Å².